The number of hydrogen-bond donors (Lipinski definition) is 1. The summed E-state index contributed by atoms with van der Waals surface area (Å²) < 4.78 is 53.1. The van der Waals surface area contributed by atoms with E-state index in [4.69, 9.17) is 0 Å². The molecule has 4 rings (SSSR count). The van der Waals surface area contributed by atoms with E-state index in [1.54, 1.807) is 36.4 Å². The Balaban J connectivity index is 1.84. The zero-order valence-corrected chi connectivity index (χ0v) is 17.9. The summed E-state index contributed by atoms with van der Waals surface area (Å²) in [5, 5.41) is 3.16. The van der Waals surface area contributed by atoms with Crippen LogP contribution >= 0.6 is 11.3 Å². The fourth-order valence-corrected chi connectivity index (χ4v) is 7.28. The highest BCUT2D eigenvalue weighted by atomic mass is 32.3. The first-order valence-electron chi connectivity index (χ1n) is 8.81. The Morgan fingerprint density at radius 2 is 1.23 bits per heavy atom. The van der Waals surface area contributed by atoms with Gasteiger partial charge in [0.1, 0.15) is 0 Å². The van der Waals surface area contributed by atoms with Gasteiger partial charge in [-0.05, 0) is 36.4 Å². The van der Waals surface area contributed by atoms with Crippen molar-refractivity contribution < 1.29 is 16.8 Å². The van der Waals surface area contributed by atoms with E-state index in [-0.39, 0.29) is 9.79 Å². The lowest BCUT2D eigenvalue weighted by Crippen LogP contribution is -2.16. The average molecular weight is 457 g/mol. The lowest BCUT2D eigenvalue weighted by atomic mass is 10.3. The number of para-hydroxylation sites is 1. The van der Waals surface area contributed by atoms with Crippen molar-refractivity contribution in [3.63, 3.8) is 0 Å². The molecule has 0 atom stereocenters. The van der Waals surface area contributed by atoms with Crippen molar-refractivity contribution in [3.05, 3.63) is 95.4 Å². The van der Waals surface area contributed by atoms with Crippen LogP contribution in [0.2, 0.25) is 0 Å². The van der Waals surface area contributed by atoms with E-state index >= 15 is 0 Å². The number of nitrogens with zero attached hydrogens (tertiary/aromatic N) is 1. The Kier molecular flexibility index (Phi) is 5.42. The largest absolute Gasteiger partial charge is 0.336 e. The molecule has 1 aromatic heterocycles. The molecule has 6 nitrogen and oxygen atoms in total. The summed E-state index contributed by atoms with van der Waals surface area (Å²) in [5.74, 6) is 0. The summed E-state index contributed by atoms with van der Waals surface area (Å²) in [4.78, 5) is 4.15. The van der Waals surface area contributed by atoms with E-state index in [0.29, 0.717) is 5.13 Å². The van der Waals surface area contributed by atoms with Crippen molar-refractivity contribution in [2.45, 2.75) is 9.79 Å². The van der Waals surface area contributed by atoms with E-state index in [0.717, 1.165) is 16.4 Å². The van der Waals surface area contributed by atoms with Crippen LogP contribution in [0.4, 0.5) is 5.13 Å². The molecule has 0 saturated carbocycles. The van der Waals surface area contributed by atoms with Gasteiger partial charge < -0.3 is 5.32 Å². The molecule has 3 aromatic carbocycles. The normalized spacial score (nSPS) is 11.9. The number of aromatic nitrogens is 1. The number of nitrogens with one attached hydrogen (secondary N) is 1. The minimum absolute atomic E-state index is 0.109. The molecular formula is C21H16N2O4S3. The van der Waals surface area contributed by atoms with Crippen LogP contribution in [-0.4, -0.2) is 21.8 Å². The quantitative estimate of drug-likeness (QED) is 0.461. The molecule has 9 heteroatoms. The van der Waals surface area contributed by atoms with Gasteiger partial charge in [-0.25, -0.2) is 21.8 Å². The zero-order valence-electron chi connectivity index (χ0n) is 15.5. The number of rotatable bonds is 6. The molecule has 1 heterocycles. The molecule has 0 radical (unpaired) electrons. The van der Waals surface area contributed by atoms with E-state index < -0.39 is 23.9 Å². The van der Waals surface area contributed by atoms with Gasteiger partial charge in [-0.3, -0.25) is 0 Å². The summed E-state index contributed by atoms with van der Waals surface area (Å²) in [5.41, 5.74) is 0.733. The van der Waals surface area contributed by atoms with Gasteiger partial charge >= 0.3 is 0 Å². The number of fused-ring (bicyclic) bond motifs is 1. The van der Waals surface area contributed by atoms with Crippen LogP contribution in [-0.2, 0) is 19.7 Å². The molecule has 1 N–H and O–H groups in total. The maximum absolute atomic E-state index is 13.2. The lowest BCUT2D eigenvalue weighted by Gasteiger charge is -2.11. The number of hydrogen-bond acceptors (Lipinski definition) is 7. The summed E-state index contributed by atoms with van der Waals surface area (Å²) >= 11 is 1.30. The third-order valence-corrected chi connectivity index (χ3v) is 9.61. The minimum Gasteiger partial charge on any atom is -0.336 e. The second-order valence-corrected chi connectivity index (χ2v) is 11.4. The van der Waals surface area contributed by atoms with Gasteiger partial charge in [0.05, 0.1) is 20.0 Å². The minimum atomic E-state index is -4.32. The molecule has 30 heavy (non-hydrogen) atoms. The van der Waals surface area contributed by atoms with Crippen molar-refractivity contribution in [2.75, 3.05) is 5.32 Å². The predicted molar refractivity (Wildman–Crippen MR) is 119 cm³/mol. The second-order valence-electron chi connectivity index (χ2n) is 6.23. The fourth-order valence-electron chi connectivity index (χ4n) is 2.79. The molecule has 0 unspecified atom stereocenters. The van der Waals surface area contributed by atoms with Crippen LogP contribution in [0, 0.1) is 0 Å². The summed E-state index contributed by atoms with van der Waals surface area (Å²) in [6, 6.07) is 22.3. The van der Waals surface area contributed by atoms with E-state index in [1.165, 1.54) is 35.6 Å². The highest BCUT2D eigenvalue weighted by molar-refractivity contribution is 8.14. The van der Waals surface area contributed by atoms with Crippen molar-refractivity contribution >= 4 is 46.4 Å². The fraction of sp³-hybridized carbons (Fsp3) is 0. The highest BCUT2D eigenvalue weighted by Gasteiger charge is 2.33. The van der Waals surface area contributed by atoms with Crippen molar-refractivity contribution in [2.24, 2.45) is 0 Å². The first kappa shape index (κ1) is 20.3. The molecule has 0 saturated heterocycles. The first-order valence-corrected chi connectivity index (χ1v) is 12.6. The Morgan fingerprint density at radius 3 is 1.77 bits per heavy atom. The van der Waals surface area contributed by atoms with Crippen LogP contribution in [0.25, 0.3) is 10.2 Å². The Morgan fingerprint density at radius 1 is 0.733 bits per heavy atom. The van der Waals surface area contributed by atoms with Gasteiger partial charge in [0.2, 0.25) is 19.7 Å². The predicted octanol–water partition coefficient (Wildman–Crippen LogP) is 4.45. The smallest absolute Gasteiger partial charge is 0.219 e. The summed E-state index contributed by atoms with van der Waals surface area (Å²) in [6.45, 7) is 0. The van der Waals surface area contributed by atoms with Gasteiger partial charge in [0, 0.05) is 6.20 Å². The maximum Gasteiger partial charge on any atom is 0.219 e. The van der Waals surface area contributed by atoms with Gasteiger partial charge in [0.15, 0.2) is 9.37 Å². The van der Waals surface area contributed by atoms with Gasteiger partial charge in [-0.15, -0.1) is 0 Å². The summed E-state index contributed by atoms with van der Waals surface area (Å²) in [6.07, 6.45) is 1.00. The van der Waals surface area contributed by atoms with Gasteiger partial charge in [-0.1, -0.05) is 59.9 Å². The van der Waals surface area contributed by atoms with Crippen LogP contribution in [0.1, 0.15) is 0 Å². The standard InChI is InChI=1S/C21H16N2O4S3/c24-29(25,16-9-3-1-4-10-16)20(30(26,27)17-11-5-2-6-12-17)15-22-21-23-18-13-7-8-14-19(18)28-21/h1-15H,(H,22,23). The topological polar surface area (TPSA) is 93.2 Å². The molecule has 152 valence electrons. The lowest BCUT2D eigenvalue weighted by molar-refractivity contribution is 0.595. The SMILES string of the molecule is O=S(=O)(C(=CNc1nc2ccccc2s1)S(=O)(=O)c1ccccc1)c1ccccc1. The number of thiazole rings is 1. The highest BCUT2D eigenvalue weighted by Crippen LogP contribution is 2.30. The van der Waals surface area contributed by atoms with Crippen molar-refractivity contribution in [1.82, 2.24) is 4.98 Å². The first-order chi connectivity index (χ1) is 14.4. The van der Waals surface area contributed by atoms with Crippen LogP contribution in [0.15, 0.2) is 105 Å². The summed E-state index contributed by atoms with van der Waals surface area (Å²) in [7, 11) is -8.64. The van der Waals surface area contributed by atoms with Crippen molar-refractivity contribution in [1.29, 1.82) is 0 Å². The third-order valence-electron chi connectivity index (χ3n) is 4.24. The van der Waals surface area contributed by atoms with E-state index in [2.05, 4.69) is 10.3 Å². The zero-order chi connectivity index (χ0) is 21.2. The monoisotopic (exact) mass is 456 g/mol. The molecule has 4 aromatic rings. The Labute approximate surface area is 178 Å². The third kappa shape index (κ3) is 3.87. The molecule has 0 amide bonds. The molecule has 0 aliphatic heterocycles. The molecule has 0 spiro atoms. The van der Waals surface area contributed by atoms with Crippen molar-refractivity contribution in [3.8, 4) is 0 Å². The van der Waals surface area contributed by atoms with Crippen LogP contribution in [0.3, 0.4) is 0 Å². The molecule has 0 aliphatic carbocycles. The average Bonchev–Trinajstić information content (AvgIpc) is 3.18. The van der Waals surface area contributed by atoms with Crippen LogP contribution in [0.5, 0.6) is 0 Å². The van der Waals surface area contributed by atoms with E-state index in [1.807, 2.05) is 24.3 Å². The van der Waals surface area contributed by atoms with Gasteiger partial charge in [0.25, 0.3) is 0 Å². The molecule has 0 fully saturated rings. The molecular weight excluding hydrogens is 440 g/mol. The number of benzene rings is 3. The molecule has 0 bridgehead atoms. The Bertz CT molecular complexity index is 1320. The number of anilines is 1. The Hall–Kier alpha value is -3.01. The van der Waals surface area contributed by atoms with Crippen LogP contribution < -0.4 is 5.32 Å². The van der Waals surface area contributed by atoms with E-state index in [9.17, 15) is 16.8 Å². The number of sulfone groups is 2. The molecule has 0 aliphatic rings. The maximum atomic E-state index is 13.2. The second kappa shape index (κ2) is 8.02. The van der Waals surface area contributed by atoms with Gasteiger partial charge in [-0.2, -0.15) is 0 Å².